The molecule has 1 saturated carbocycles. The highest BCUT2D eigenvalue weighted by atomic mass is 32.1. The van der Waals surface area contributed by atoms with Crippen molar-refractivity contribution < 1.29 is 8.85 Å². The predicted octanol–water partition coefficient (Wildman–Crippen LogP) is 2.07. The van der Waals surface area contributed by atoms with Gasteiger partial charge in [0.1, 0.15) is 6.10 Å². The number of hydrogen-bond donors (Lipinski definition) is 1. The summed E-state index contributed by atoms with van der Waals surface area (Å²) in [5, 5.41) is 4.64. The van der Waals surface area contributed by atoms with Crippen molar-refractivity contribution in [3.05, 3.63) is 21.9 Å². The number of nitrogens with one attached hydrogen (secondary N) is 1. The van der Waals surface area contributed by atoms with Crippen LogP contribution >= 0.6 is 11.3 Å². The molecule has 0 radical (unpaired) electrons. The van der Waals surface area contributed by atoms with Crippen LogP contribution in [0.15, 0.2) is 11.4 Å². The van der Waals surface area contributed by atoms with Crippen LogP contribution in [0.4, 0.5) is 0 Å². The van der Waals surface area contributed by atoms with Gasteiger partial charge in [0.25, 0.3) is 0 Å². The summed E-state index contributed by atoms with van der Waals surface area (Å²) in [4.78, 5) is 1.21. The molecule has 1 spiro atoms. The second kappa shape index (κ2) is 3.05. The van der Waals surface area contributed by atoms with E-state index in [9.17, 15) is 0 Å². The minimum absolute atomic E-state index is 0.100. The molecule has 1 fully saturated rings. The van der Waals surface area contributed by atoms with Crippen LogP contribution in [0.25, 0.3) is 0 Å². The molecule has 14 heavy (non-hydrogen) atoms. The average Bonchev–Trinajstić information content (AvgIpc) is 2.84. The van der Waals surface area contributed by atoms with E-state index in [0.29, 0.717) is 6.54 Å². The first-order valence-corrected chi connectivity index (χ1v) is 5.83. The van der Waals surface area contributed by atoms with Crippen molar-refractivity contribution in [1.82, 2.24) is 5.32 Å². The fraction of sp³-hybridized carbons (Fsp3) is 0.636. The van der Waals surface area contributed by atoms with E-state index in [1.807, 2.05) is 0 Å². The molecule has 0 amide bonds. The van der Waals surface area contributed by atoms with Crippen LogP contribution in [0.2, 0.25) is 0 Å². The molecule has 1 N–H and O–H groups in total. The molecule has 1 atom stereocenters. The summed E-state index contributed by atoms with van der Waals surface area (Å²) in [7, 11) is 0. The number of fused-ring (bicyclic) bond motifs is 2. The summed E-state index contributed by atoms with van der Waals surface area (Å²) in [6.45, 7) is -0.986. The molecule has 0 bridgehead atoms. The van der Waals surface area contributed by atoms with E-state index in [-0.39, 0.29) is 11.5 Å². The van der Waals surface area contributed by atoms with Gasteiger partial charge in [0.2, 0.25) is 0 Å². The van der Waals surface area contributed by atoms with Gasteiger partial charge in [-0.2, -0.15) is 0 Å². The summed E-state index contributed by atoms with van der Waals surface area (Å²) >= 11 is 1.68. The molecule has 3 rings (SSSR count). The number of rotatable bonds is 2. The number of hydrogen-bond acceptors (Lipinski definition) is 3. The van der Waals surface area contributed by atoms with Crippen molar-refractivity contribution in [1.29, 1.82) is 0 Å². The van der Waals surface area contributed by atoms with Crippen LogP contribution in [-0.2, 0) is 10.2 Å². The average molecular weight is 212 g/mol. The van der Waals surface area contributed by atoms with Crippen molar-refractivity contribution in [2.24, 2.45) is 0 Å². The second-order valence-electron chi connectivity index (χ2n) is 4.16. The molecule has 76 valence electrons. The van der Waals surface area contributed by atoms with Gasteiger partial charge in [0.05, 0.1) is 6.61 Å². The summed E-state index contributed by atoms with van der Waals surface area (Å²) < 4.78 is 27.3. The number of thiophene rings is 1. The normalized spacial score (nSPS) is 31.7. The lowest BCUT2D eigenvalue weighted by Gasteiger charge is -2.29. The van der Waals surface area contributed by atoms with E-state index in [1.54, 1.807) is 11.3 Å². The molecule has 1 unspecified atom stereocenters. The zero-order valence-corrected chi connectivity index (χ0v) is 8.69. The Morgan fingerprint density at radius 1 is 1.79 bits per heavy atom. The summed E-state index contributed by atoms with van der Waals surface area (Å²) in [6.07, 6.45) is 2.31. The van der Waals surface area contributed by atoms with Gasteiger partial charge in [-0.1, -0.05) is 0 Å². The monoisotopic (exact) mass is 212 g/mol. The lowest BCUT2D eigenvalue weighted by Crippen LogP contribution is -2.29. The molecule has 1 aromatic rings. The number of likely N-dealkylation sites (N-methyl/N-ethyl adjacent to an activating group) is 1. The van der Waals surface area contributed by atoms with Crippen molar-refractivity contribution in [2.75, 3.05) is 20.1 Å². The Bertz CT molecular complexity index is 425. The van der Waals surface area contributed by atoms with Gasteiger partial charge < -0.3 is 10.1 Å². The molecule has 3 heteroatoms. The Morgan fingerprint density at radius 3 is 3.50 bits per heavy atom. The molecule has 1 aliphatic carbocycles. The smallest absolute Gasteiger partial charge is 0.104 e. The minimum atomic E-state index is -2.09. The van der Waals surface area contributed by atoms with Crippen molar-refractivity contribution in [3.8, 4) is 0 Å². The van der Waals surface area contributed by atoms with Crippen LogP contribution in [0, 0.1) is 0 Å². The topological polar surface area (TPSA) is 21.3 Å². The van der Waals surface area contributed by atoms with Crippen molar-refractivity contribution in [3.63, 3.8) is 0 Å². The largest absolute Gasteiger partial charge is 0.370 e. The predicted molar refractivity (Wildman–Crippen MR) is 57.9 cm³/mol. The van der Waals surface area contributed by atoms with Gasteiger partial charge in [-0.25, -0.2) is 0 Å². The zero-order valence-electron chi connectivity index (χ0n) is 10.9. The quantitative estimate of drug-likeness (QED) is 0.810. The zero-order chi connectivity index (χ0) is 12.1. The van der Waals surface area contributed by atoms with Gasteiger partial charge >= 0.3 is 0 Å². The fourth-order valence-corrected chi connectivity index (χ4v) is 3.30. The molecule has 1 aliphatic heterocycles. The Kier molecular flexibility index (Phi) is 1.36. The highest BCUT2D eigenvalue weighted by molar-refractivity contribution is 7.10. The van der Waals surface area contributed by atoms with Gasteiger partial charge in [-0.05, 0) is 36.8 Å². The first-order valence-electron chi connectivity index (χ1n) is 6.45. The fourth-order valence-electron chi connectivity index (χ4n) is 2.23. The molecule has 1 aromatic heterocycles. The molecular weight excluding hydrogens is 194 g/mol. The van der Waals surface area contributed by atoms with Gasteiger partial charge in [0.15, 0.2) is 0 Å². The summed E-state index contributed by atoms with van der Waals surface area (Å²) in [5.41, 5.74) is 1.66. The van der Waals surface area contributed by atoms with Gasteiger partial charge in [-0.3, -0.25) is 0 Å². The standard InChI is InChI=1S/C11H15NOS/c1-12-6-9-10-8(2-5-14-10)11(3-4-11)7-13-9/h2,5,9,12H,3-4,6-7H2,1H3/i1D3. The Morgan fingerprint density at radius 2 is 2.71 bits per heavy atom. The third kappa shape index (κ3) is 1.16. The summed E-state index contributed by atoms with van der Waals surface area (Å²) in [6, 6.07) is 2.18. The van der Waals surface area contributed by atoms with Crippen LogP contribution in [0.3, 0.4) is 0 Å². The molecule has 0 saturated heterocycles. The van der Waals surface area contributed by atoms with Crippen LogP contribution in [-0.4, -0.2) is 20.1 Å². The van der Waals surface area contributed by atoms with E-state index in [0.717, 1.165) is 6.61 Å². The Balaban J connectivity index is 1.76. The molecule has 2 nitrogen and oxygen atoms in total. The van der Waals surface area contributed by atoms with E-state index < -0.39 is 6.98 Å². The molecule has 2 heterocycles. The highest BCUT2D eigenvalue weighted by Crippen LogP contribution is 2.55. The van der Waals surface area contributed by atoms with E-state index in [4.69, 9.17) is 8.85 Å². The van der Waals surface area contributed by atoms with E-state index in [2.05, 4.69) is 16.8 Å². The van der Waals surface area contributed by atoms with Crippen molar-refractivity contribution >= 4 is 11.3 Å². The maximum Gasteiger partial charge on any atom is 0.104 e. The van der Waals surface area contributed by atoms with Crippen molar-refractivity contribution in [2.45, 2.75) is 24.4 Å². The SMILES string of the molecule is [2H]C([2H])([2H])NCC1OCC2(CC2)c2ccsc21. The van der Waals surface area contributed by atoms with E-state index >= 15 is 0 Å². The third-order valence-corrected chi connectivity index (χ3v) is 4.27. The third-order valence-electron chi connectivity index (χ3n) is 3.26. The lowest BCUT2D eigenvalue weighted by atomic mass is 9.93. The lowest BCUT2D eigenvalue weighted by molar-refractivity contribution is 0.0261. The maximum absolute atomic E-state index is 7.16. The minimum Gasteiger partial charge on any atom is -0.370 e. The second-order valence-corrected chi connectivity index (χ2v) is 5.11. The molecule has 2 aliphatic rings. The maximum atomic E-state index is 7.16. The molecular formula is C11H15NOS. The first kappa shape index (κ1) is 6.26. The number of ether oxygens (including phenoxy) is 1. The van der Waals surface area contributed by atoms with Crippen LogP contribution in [0.5, 0.6) is 0 Å². The van der Waals surface area contributed by atoms with E-state index in [1.165, 1.54) is 23.3 Å². The molecule has 0 aromatic carbocycles. The first-order chi connectivity index (χ1) is 8.00. The Labute approximate surface area is 92.5 Å². The van der Waals surface area contributed by atoms with Gasteiger partial charge in [0, 0.05) is 20.9 Å². The van der Waals surface area contributed by atoms with Crippen LogP contribution in [0.1, 0.15) is 33.5 Å². The van der Waals surface area contributed by atoms with Gasteiger partial charge in [-0.15, -0.1) is 11.3 Å². The summed E-state index contributed by atoms with van der Waals surface area (Å²) in [5.74, 6) is 0. The Hall–Kier alpha value is -0.380. The highest BCUT2D eigenvalue weighted by Gasteiger charge is 2.50. The van der Waals surface area contributed by atoms with Crippen LogP contribution < -0.4 is 5.32 Å².